The van der Waals surface area contributed by atoms with Crippen LogP contribution in [0.25, 0.3) is 0 Å². The molecule has 0 bridgehead atoms. The van der Waals surface area contributed by atoms with Crippen molar-refractivity contribution in [2.45, 2.75) is 50.9 Å². The van der Waals surface area contributed by atoms with Crippen LogP contribution in [0.5, 0.6) is 0 Å². The number of carbonyl (C=O) groups is 2. The number of nitrogens with zero attached hydrogens (tertiary/aromatic N) is 1. The normalized spacial score (nSPS) is 23.6. The van der Waals surface area contributed by atoms with E-state index in [0.717, 1.165) is 50.2 Å². The average molecular weight is 334 g/mol. The Bertz CT molecular complexity index is 559. The molecular weight excluding hydrogens is 310 g/mol. The van der Waals surface area contributed by atoms with Gasteiger partial charge in [0, 0.05) is 42.8 Å². The van der Waals surface area contributed by atoms with E-state index >= 15 is 0 Å². The first-order valence-corrected chi connectivity index (χ1v) is 9.07. The predicted molar refractivity (Wildman–Crippen MR) is 91.6 cm³/mol. The highest BCUT2D eigenvalue weighted by molar-refractivity contribution is 6.30. The quantitative estimate of drug-likeness (QED) is 0.813. The van der Waals surface area contributed by atoms with Gasteiger partial charge in [0.2, 0.25) is 5.91 Å². The zero-order chi connectivity index (χ0) is 16.2. The zero-order valence-electron chi connectivity index (χ0n) is 13.5. The van der Waals surface area contributed by atoms with Gasteiger partial charge in [0.1, 0.15) is 5.78 Å². The minimum atomic E-state index is 0.0525. The molecule has 1 aliphatic carbocycles. The molecule has 1 amide bonds. The first-order valence-electron chi connectivity index (χ1n) is 8.69. The molecule has 124 valence electrons. The molecule has 23 heavy (non-hydrogen) atoms. The van der Waals surface area contributed by atoms with Crippen LogP contribution in [-0.4, -0.2) is 29.7 Å². The fourth-order valence-electron chi connectivity index (χ4n) is 3.79. The second-order valence-electron chi connectivity index (χ2n) is 6.84. The largest absolute Gasteiger partial charge is 0.342 e. The Morgan fingerprint density at radius 2 is 1.74 bits per heavy atom. The highest BCUT2D eigenvalue weighted by atomic mass is 35.5. The Balaban J connectivity index is 1.68. The van der Waals surface area contributed by atoms with E-state index in [9.17, 15) is 9.59 Å². The molecule has 1 heterocycles. The number of rotatable bonds is 2. The SMILES string of the molecule is O=C1CCC(C(=O)N2CCCCC(c3ccc(Cl)cc3)C2)CC1. The molecule has 1 aromatic carbocycles. The standard InChI is InChI=1S/C19H24ClNO2/c20-17-8-4-14(5-9-17)16-3-1-2-12-21(13-16)19(23)15-6-10-18(22)11-7-15/h4-5,8-9,15-16H,1-3,6-7,10-13H2. The van der Waals surface area contributed by atoms with Crippen molar-refractivity contribution in [1.29, 1.82) is 0 Å². The number of hydrogen-bond donors (Lipinski definition) is 0. The van der Waals surface area contributed by atoms with Crippen LogP contribution in [0.3, 0.4) is 0 Å². The summed E-state index contributed by atoms with van der Waals surface area (Å²) in [5, 5.41) is 0.752. The topological polar surface area (TPSA) is 37.4 Å². The van der Waals surface area contributed by atoms with Crippen LogP contribution in [0, 0.1) is 5.92 Å². The maximum absolute atomic E-state index is 12.8. The molecule has 0 aromatic heterocycles. The molecule has 1 unspecified atom stereocenters. The van der Waals surface area contributed by atoms with E-state index in [2.05, 4.69) is 12.1 Å². The number of benzene rings is 1. The summed E-state index contributed by atoms with van der Waals surface area (Å²) in [5.74, 6) is 1.02. The van der Waals surface area contributed by atoms with Gasteiger partial charge in [0.05, 0.1) is 0 Å². The fourth-order valence-corrected chi connectivity index (χ4v) is 3.92. The van der Waals surface area contributed by atoms with Crippen LogP contribution in [0.4, 0.5) is 0 Å². The maximum atomic E-state index is 12.8. The van der Waals surface area contributed by atoms with Crippen molar-refractivity contribution < 1.29 is 9.59 Å². The molecule has 1 atom stereocenters. The summed E-state index contributed by atoms with van der Waals surface area (Å²) in [5.41, 5.74) is 1.27. The van der Waals surface area contributed by atoms with Gasteiger partial charge in [0.25, 0.3) is 0 Å². The third-order valence-corrected chi connectivity index (χ3v) is 5.47. The summed E-state index contributed by atoms with van der Waals surface area (Å²) < 4.78 is 0. The van der Waals surface area contributed by atoms with Gasteiger partial charge < -0.3 is 4.90 Å². The number of amides is 1. The lowest BCUT2D eigenvalue weighted by molar-refractivity contribution is -0.137. The Morgan fingerprint density at radius 3 is 2.43 bits per heavy atom. The summed E-state index contributed by atoms with van der Waals surface area (Å²) in [4.78, 5) is 26.3. The van der Waals surface area contributed by atoms with Crippen molar-refractivity contribution in [3.63, 3.8) is 0 Å². The van der Waals surface area contributed by atoms with Crippen molar-refractivity contribution in [3.8, 4) is 0 Å². The number of likely N-dealkylation sites (tertiary alicyclic amines) is 1. The lowest BCUT2D eigenvalue weighted by Crippen LogP contribution is -2.39. The van der Waals surface area contributed by atoms with Crippen molar-refractivity contribution >= 4 is 23.3 Å². The Kier molecular flexibility index (Phi) is 5.37. The van der Waals surface area contributed by atoms with Crippen molar-refractivity contribution in [3.05, 3.63) is 34.9 Å². The zero-order valence-corrected chi connectivity index (χ0v) is 14.2. The molecule has 4 heteroatoms. The van der Waals surface area contributed by atoms with Gasteiger partial charge in [-0.1, -0.05) is 30.2 Å². The smallest absolute Gasteiger partial charge is 0.225 e. The molecule has 2 aliphatic rings. The number of halogens is 1. The van der Waals surface area contributed by atoms with Crippen LogP contribution >= 0.6 is 11.6 Å². The predicted octanol–water partition coefficient (Wildman–Crippen LogP) is 4.20. The minimum Gasteiger partial charge on any atom is -0.342 e. The maximum Gasteiger partial charge on any atom is 0.225 e. The van der Waals surface area contributed by atoms with E-state index in [-0.39, 0.29) is 11.8 Å². The van der Waals surface area contributed by atoms with E-state index in [1.165, 1.54) is 5.56 Å². The number of carbonyl (C=O) groups excluding carboxylic acids is 2. The van der Waals surface area contributed by atoms with E-state index < -0.39 is 0 Å². The van der Waals surface area contributed by atoms with Crippen LogP contribution in [-0.2, 0) is 9.59 Å². The summed E-state index contributed by atoms with van der Waals surface area (Å²) in [6.07, 6.45) is 5.96. The molecule has 0 radical (unpaired) electrons. The summed E-state index contributed by atoms with van der Waals surface area (Å²) in [7, 11) is 0. The first kappa shape index (κ1) is 16.5. The molecule has 3 nitrogen and oxygen atoms in total. The Labute approximate surface area is 143 Å². The molecular formula is C19H24ClNO2. The molecule has 0 spiro atoms. The summed E-state index contributed by atoms with van der Waals surface area (Å²) >= 11 is 5.98. The number of Topliss-reactive ketones (excluding diaryl/α,β-unsaturated/α-hetero) is 1. The molecule has 1 saturated heterocycles. The third-order valence-electron chi connectivity index (χ3n) is 5.22. The van der Waals surface area contributed by atoms with Gasteiger partial charge in [-0.05, 0) is 43.4 Å². The fraction of sp³-hybridized carbons (Fsp3) is 0.579. The highest BCUT2D eigenvalue weighted by Gasteiger charge is 2.30. The van der Waals surface area contributed by atoms with Gasteiger partial charge in [-0.25, -0.2) is 0 Å². The van der Waals surface area contributed by atoms with Gasteiger partial charge in [-0.3, -0.25) is 9.59 Å². The lowest BCUT2D eigenvalue weighted by Gasteiger charge is -2.30. The Morgan fingerprint density at radius 1 is 1.04 bits per heavy atom. The van der Waals surface area contributed by atoms with Crippen molar-refractivity contribution in [2.24, 2.45) is 5.92 Å². The van der Waals surface area contributed by atoms with E-state index in [1.807, 2.05) is 17.0 Å². The number of ketones is 1. The van der Waals surface area contributed by atoms with E-state index in [0.29, 0.717) is 24.5 Å². The highest BCUT2D eigenvalue weighted by Crippen LogP contribution is 2.30. The van der Waals surface area contributed by atoms with Gasteiger partial charge in [-0.15, -0.1) is 0 Å². The Hall–Kier alpha value is -1.35. The van der Waals surface area contributed by atoms with Gasteiger partial charge in [0.15, 0.2) is 0 Å². The minimum absolute atomic E-state index is 0.0525. The monoisotopic (exact) mass is 333 g/mol. The van der Waals surface area contributed by atoms with Gasteiger partial charge in [-0.2, -0.15) is 0 Å². The van der Waals surface area contributed by atoms with E-state index in [4.69, 9.17) is 11.6 Å². The van der Waals surface area contributed by atoms with Crippen molar-refractivity contribution in [1.82, 2.24) is 4.90 Å². The summed E-state index contributed by atoms with van der Waals surface area (Å²) in [6.45, 7) is 1.65. The lowest BCUT2D eigenvalue weighted by atomic mass is 9.87. The number of hydrogen-bond acceptors (Lipinski definition) is 2. The van der Waals surface area contributed by atoms with E-state index in [1.54, 1.807) is 0 Å². The molecule has 0 N–H and O–H groups in total. The first-order chi connectivity index (χ1) is 11.1. The average Bonchev–Trinajstić information content (AvgIpc) is 2.82. The molecule has 1 aliphatic heterocycles. The molecule has 3 rings (SSSR count). The van der Waals surface area contributed by atoms with Crippen LogP contribution in [0.1, 0.15) is 56.4 Å². The molecule has 1 saturated carbocycles. The van der Waals surface area contributed by atoms with Gasteiger partial charge >= 0.3 is 0 Å². The van der Waals surface area contributed by atoms with Crippen molar-refractivity contribution in [2.75, 3.05) is 13.1 Å². The second kappa shape index (κ2) is 7.48. The summed E-state index contributed by atoms with van der Waals surface area (Å²) in [6, 6.07) is 8.03. The van der Waals surface area contributed by atoms with Crippen LogP contribution in [0.15, 0.2) is 24.3 Å². The van der Waals surface area contributed by atoms with Crippen LogP contribution < -0.4 is 0 Å². The third kappa shape index (κ3) is 4.14. The second-order valence-corrected chi connectivity index (χ2v) is 7.28. The van der Waals surface area contributed by atoms with Crippen LogP contribution in [0.2, 0.25) is 5.02 Å². The molecule has 1 aromatic rings. The molecule has 2 fully saturated rings.